The number of nitrogens with two attached hydrogens (primary N) is 1. The van der Waals surface area contributed by atoms with Crippen LogP contribution in [-0.2, 0) is 19.6 Å². The topological polar surface area (TPSA) is 133 Å². The van der Waals surface area contributed by atoms with Gasteiger partial charge in [0.15, 0.2) is 12.4 Å². The maximum atomic E-state index is 12.7. The van der Waals surface area contributed by atoms with Crippen molar-refractivity contribution in [2.45, 2.75) is 4.90 Å². The Bertz CT molecular complexity index is 1220. The highest BCUT2D eigenvalue weighted by Gasteiger charge is 2.20. The van der Waals surface area contributed by atoms with E-state index in [4.69, 9.17) is 9.88 Å². The smallest absolute Gasteiger partial charge is 0.339 e. The molecule has 0 aromatic heterocycles. The van der Waals surface area contributed by atoms with E-state index >= 15 is 0 Å². The third kappa shape index (κ3) is 5.62. The molecule has 3 aromatic carbocycles. The second-order valence-corrected chi connectivity index (χ2v) is 8.00. The number of benzene rings is 3. The second kappa shape index (κ2) is 9.33. The van der Waals surface area contributed by atoms with Gasteiger partial charge in [0, 0.05) is 16.8 Å². The van der Waals surface area contributed by atoms with Crippen molar-refractivity contribution >= 4 is 33.4 Å². The number of carbonyl (C=O) groups is 3. The van der Waals surface area contributed by atoms with Gasteiger partial charge in [-0.15, -0.1) is 0 Å². The van der Waals surface area contributed by atoms with Crippen molar-refractivity contribution in [3.05, 3.63) is 95.6 Å². The Kier molecular flexibility index (Phi) is 6.58. The molecule has 0 radical (unpaired) electrons. The lowest BCUT2D eigenvalue weighted by Crippen LogP contribution is -2.22. The molecule has 8 nitrogen and oxygen atoms in total. The summed E-state index contributed by atoms with van der Waals surface area (Å²) in [5, 5.41) is 7.49. The first-order valence-electron chi connectivity index (χ1n) is 9.04. The highest BCUT2D eigenvalue weighted by Crippen LogP contribution is 2.16. The number of carbonyl (C=O) groups excluding carboxylic acids is 3. The van der Waals surface area contributed by atoms with Gasteiger partial charge in [-0.25, -0.2) is 18.4 Å². The zero-order valence-electron chi connectivity index (χ0n) is 16.1. The summed E-state index contributed by atoms with van der Waals surface area (Å²) < 4.78 is 27.6. The van der Waals surface area contributed by atoms with Crippen LogP contribution in [-0.4, -0.2) is 32.7 Å². The molecule has 3 aromatic rings. The highest BCUT2D eigenvalue weighted by atomic mass is 32.2. The van der Waals surface area contributed by atoms with Crippen LogP contribution >= 0.6 is 0 Å². The van der Waals surface area contributed by atoms with E-state index in [9.17, 15) is 22.8 Å². The summed E-state index contributed by atoms with van der Waals surface area (Å²) in [5.74, 6) is -1.80. The quantitative estimate of drug-likeness (QED) is 0.430. The largest absolute Gasteiger partial charge is 0.452 e. The number of hydrogen-bond acceptors (Lipinski definition) is 6. The van der Waals surface area contributed by atoms with Crippen LogP contribution < -0.4 is 10.5 Å². The van der Waals surface area contributed by atoms with E-state index in [1.54, 1.807) is 42.5 Å². The van der Waals surface area contributed by atoms with E-state index in [1.165, 1.54) is 36.4 Å². The van der Waals surface area contributed by atoms with E-state index in [-0.39, 0.29) is 21.8 Å². The molecule has 158 valence electrons. The minimum atomic E-state index is -3.84. The number of amides is 1. The predicted molar refractivity (Wildman–Crippen MR) is 113 cm³/mol. The van der Waals surface area contributed by atoms with E-state index in [0.29, 0.717) is 11.3 Å². The number of ketones is 1. The van der Waals surface area contributed by atoms with Crippen molar-refractivity contribution in [1.29, 1.82) is 0 Å². The number of nitrogens with one attached hydrogen (secondary N) is 1. The molecule has 0 atom stereocenters. The number of primary sulfonamides is 1. The van der Waals surface area contributed by atoms with Crippen molar-refractivity contribution in [3.63, 3.8) is 0 Å². The van der Waals surface area contributed by atoms with Crippen LogP contribution in [0.5, 0.6) is 0 Å². The summed E-state index contributed by atoms with van der Waals surface area (Å²) in [5.41, 5.74) is 0.927. The maximum absolute atomic E-state index is 12.7. The van der Waals surface area contributed by atoms with E-state index in [1.807, 2.05) is 0 Å². The Morgan fingerprint density at radius 3 is 2.00 bits per heavy atom. The molecule has 1 amide bonds. The summed E-state index contributed by atoms with van der Waals surface area (Å²) >= 11 is 0. The molecule has 0 saturated heterocycles. The number of ether oxygens (including phenoxy) is 1. The van der Waals surface area contributed by atoms with Crippen LogP contribution in [0.3, 0.4) is 0 Å². The third-order valence-corrected chi connectivity index (χ3v) is 5.16. The van der Waals surface area contributed by atoms with Crippen LogP contribution in [0.2, 0.25) is 0 Å². The van der Waals surface area contributed by atoms with Gasteiger partial charge < -0.3 is 10.1 Å². The van der Waals surface area contributed by atoms with Crippen molar-refractivity contribution in [3.8, 4) is 0 Å². The van der Waals surface area contributed by atoms with Gasteiger partial charge in [-0.2, -0.15) is 0 Å². The number of anilines is 1. The minimum absolute atomic E-state index is 0.0432. The highest BCUT2D eigenvalue weighted by molar-refractivity contribution is 7.89. The average Bonchev–Trinajstić information content (AvgIpc) is 2.77. The number of esters is 1. The minimum Gasteiger partial charge on any atom is -0.452 e. The van der Waals surface area contributed by atoms with Gasteiger partial charge in [-0.3, -0.25) is 9.59 Å². The standard InChI is InChI=1S/C22H18N2O6S/c23-31(28,29)17-12-10-16(11-13-17)24-20(25)14-30-22(27)19-9-5-4-8-18(19)21(26)15-6-2-1-3-7-15/h1-13H,14H2,(H,24,25)(H2,23,28,29). The lowest BCUT2D eigenvalue weighted by molar-refractivity contribution is -0.119. The van der Waals surface area contributed by atoms with Gasteiger partial charge in [0.05, 0.1) is 10.5 Å². The van der Waals surface area contributed by atoms with Gasteiger partial charge in [-0.05, 0) is 30.3 Å². The number of rotatable bonds is 7. The van der Waals surface area contributed by atoms with E-state index in [2.05, 4.69) is 5.32 Å². The van der Waals surface area contributed by atoms with Crippen LogP contribution in [0.15, 0.2) is 83.8 Å². The number of hydrogen-bond donors (Lipinski definition) is 2. The van der Waals surface area contributed by atoms with Gasteiger partial charge in [-0.1, -0.05) is 48.5 Å². The molecule has 0 aliphatic carbocycles. The Hall–Kier alpha value is -3.82. The molecule has 3 rings (SSSR count). The van der Waals surface area contributed by atoms with Crippen LogP contribution in [0, 0.1) is 0 Å². The van der Waals surface area contributed by atoms with Crippen molar-refractivity contribution < 1.29 is 27.5 Å². The molecule has 0 bridgehead atoms. The Morgan fingerprint density at radius 2 is 1.39 bits per heavy atom. The van der Waals surface area contributed by atoms with Crippen molar-refractivity contribution in [1.82, 2.24) is 0 Å². The molecule has 3 N–H and O–H groups in total. The molecular weight excluding hydrogens is 420 g/mol. The van der Waals surface area contributed by atoms with E-state index < -0.39 is 28.5 Å². The second-order valence-electron chi connectivity index (χ2n) is 6.43. The SMILES string of the molecule is NS(=O)(=O)c1ccc(NC(=O)COC(=O)c2ccccc2C(=O)c2ccccc2)cc1. The molecule has 0 heterocycles. The zero-order chi connectivity index (χ0) is 22.4. The fraction of sp³-hybridized carbons (Fsp3) is 0.0455. The Labute approximate surface area is 178 Å². The predicted octanol–water partition coefficient (Wildman–Crippen LogP) is 2.36. The molecule has 0 unspecified atom stereocenters. The molecule has 0 aliphatic rings. The van der Waals surface area contributed by atoms with Crippen molar-refractivity contribution in [2.75, 3.05) is 11.9 Å². The zero-order valence-corrected chi connectivity index (χ0v) is 17.0. The van der Waals surface area contributed by atoms with E-state index in [0.717, 1.165) is 0 Å². The summed E-state index contributed by atoms with van der Waals surface area (Å²) in [4.78, 5) is 37.2. The third-order valence-electron chi connectivity index (χ3n) is 4.23. The van der Waals surface area contributed by atoms with Crippen LogP contribution in [0.25, 0.3) is 0 Å². The normalized spacial score (nSPS) is 10.9. The Morgan fingerprint density at radius 1 is 0.806 bits per heavy atom. The molecule has 0 fully saturated rings. The first kappa shape index (κ1) is 21.9. The van der Waals surface area contributed by atoms with Crippen molar-refractivity contribution in [2.24, 2.45) is 5.14 Å². The Balaban J connectivity index is 1.65. The first-order chi connectivity index (χ1) is 14.8. The lowest BCUT2D eigenvalue weighted by Gasteiger charge is -2.10. The van der Waals surface area contributed by atoms with Crippen LogP contribution in [0.4, 0.5) is 5.69 Å². The summed E-state index contributed by atoms with van der Waals surface area (Å²) in [6.45, 7) is -0.594. The van der Waals surface area contributed by atoms with Gasteiger partial charge >= 0.3 is 5.97 Å². The summed E-state index contributed by atoms with van der Waals surface area (Å²) in [6.07, 6.45) is 0. The fourth-order valence-electron chi connectivity index (χ4n) is 2.74. The van der Waals surface area contributed by atoms with Gasteiger partial charge in [0.25, 0.3) is 5.91 Å². The molecule has 0 saturated carbocycles. The van der Waals surface area contributed by atoms with Gasteiger partial charge in [0.1, 0.15) is 0 Å². The number of sulfonamides is 1. The summed E-state index contributed by atoms with van der Waals surface area (Å²) in [6, 6.07) is 19.8. The molecular formula is C22H18N2O6S. The summed E-state index contributed by atoms with van der Waals surface area (Å²) in [7, 11) is -3.84. The molecule has 31 heavy (non-hydrogen) atoms. The fourth-order valence-corrected chi connectivity index (χ4v) is 3.25. The molecule has 0 aliphatic heterocycles. The molecule has 9 heteroatoms. The lowest BCUT2D eigenvalue weighted by atomic mass is 9.98. The molecule has 0 spiro atoms. The van der Waals surface area contributed by atoms with Crippen LogP contribution in [0.1, 0.15) is 26.3 Å². The monoisotopic (exact) mass is 438 g/mol. The maximum Gasteiger partial charge on any atom is 0.339 e. The van der Waals surface area contributed by atoms with Gasteiger partial charge in [0.2, 0.25) is 10.0 Å². The average molecular weight is 438 g/mol. The first-order valence-corrected chi connectivity index (χ1v) is 10.6.